The van der Waals surface area contributed by atoms with Gasteiger partial charge in [0.1, 0.15) is 6.23 Å². The van der Waals surface area contributed by atoms with Crippen LogP contribution >= 0.6 is 0 Å². The summed E-state index contributed by atoms with van der Waals surface area (Å²) in [6.07, 6.45) is 18.1. The molecule has 0 aliphatic carbocycles. The van der Waals surface area contributed by atoms with E-state index in [0.29, 0.717) is 12.3 Å². The van der Waals surface area contributed by atoms with Crippen LogP contribution in [0.3, 0.4) is 0 Å². The monoisotopic (exact) mass is 439 g/mol. The highest BCUT2D eigenvalue weighted by molar-refractivity contribution is 7.80. The summed E-state index contributed by atoms with van der Waals surface area (Å²) in [6, 6.07) is 0. The lowest BCUT2D eigenvalue weighted by atomic mass is 9.95. The van der Waals surface area contributed by atoms with Gasteiger partial charge in [0.05, 0.1) is 6.61 Å². The van der Waals surface area contributed by atoms with Gasteiger partial charge in [-0.2, -0.15) is 8.42 Å². The van der Waals surface area contributed by atoms with Crippen molar-refractivity contribution in [1.29, 1.82) is 0 Å². The van der Waals surface area contributed by atoms with Crippen LogP contribution in [0.15, 0.2) is 0 Å². The Hall–Kier alpha value is -0.210. The van der Waals surface area contributed by atoms with E-state index in [4.69, 9.17) is 10.3 Å². The van der Waals surface area contributed by atoms with Crippen LogP contribution in [-0.2, 0) is 14.6 Å². The fourth-order valence-corrected chi connectivity index (χ4v) is 3.50. The second-order valence-corrected chi connectivity index (χ2v) is 9.06. The number of nitrogens with two attached hydrogens (primary N) is 1. The van der Waals surface area contributed by atoms with E-state index >= 15 is 0 Å². The molecule has 0 amide bonds. The van der Waals surface area contributed by atoms with Crippen molar-refractivity contribution in [3.8, 4) is 0 Å². The van der Waals surface area contributed by atoms with E-state index in [9.17, 15) is 13.5 Å². The molecule has 0 aromatic heterocycles. The molecule has 7 heteroatoms. The lowest BCUT2D eigenvalue weighted by Gasteiger charge is -2.18. The normalized spacial score (nSPS) is 12.7. The zero-order valence-electron chi connectivity index (χ0n) is 19.3. The van der Waals surface area contributed by atoms with Gasteiger partial charge in [-0.15, -0.1) is 0 Å². The first-order valence-corrected chi connectivity index (χ1v) is 13.2. The highest BCUT2D eigenvalue weighted by Crippen LogP contribution is 2.17. The number of aliphatic hydroxyl groups is 1. The van der Waals surface area contributed by atoms with Crippen molar-refractivity contribution >= 4 is 10.4 Å². The van der Waals surface area contributed by atoms with Crippen LogP contribution in [0.2, 0.25) is 0 Å². The first-order valence-electron chi connectivity index (χ1n) is 11.8. The summed E-state index contributed by atoms with van der Waals surface area (Å²) in [5.41, 5.74) is 5.47. The van der Waals surface area contributed by atoms with Gasteiger partial charge in [-0.05, 0) is 25.2 Å². The second kappa shape index (κ2) is 22.5. The van der Waals surface area contributed by atoms with Crippen molar-refractivity contribution in [2.75, 3.05) is 6.61 Å². The second-order valence-electron chi connectivity index (χ2n) is 7.97. The largest absolute Gasteiger partial charge is 0.397 e. The maximum Gasteiger partial charge on any atom is 0.397 e. The van der Waals surface area contributed by atoms with Crippen LogP contribution in [0, 0.1) is 5.92 Å². The molecule has 4 N–H and O–H groups in total. The number of rotatable bonds is 19. The maximum absolute atomic E-state index is 10.2. The molecule has 0 aromatic rings. The van der Waals surface area contributed by atoms with Crippen LogP contribution < -0.4 is 5.73 Å². The average Bonchev–Trinajstić information content (AvgIpc) is 2.65. The zero-order valence-corrected chi connectivity index (χ0v) is 20.1. The molecule has 0 aliphatic rings. The number of hydrogen-bond acceptors (Lipinski definition) is 5. The van der Waals surface area contributed by atoms with Gasteiger partial charge in [0.15, 0.2) is 0 Å². The summed E-state index contributed by atoms with van der Waals surface area (Å²) >= 11 is 0. The topological polar surface area (TPSA) is 110 Å². The minimum atomic E-state index is -4.23. The zero-order chi connectivity index (χ0) is 22.4. The lowest BCUT2D eigenvalue weighted by Crippen LogP contribution is -2.29. The van der Waals surface area contributed by atoms with Crippen molar-refractivity contribution in [3.05, 3.63) is 0 Å². The van der Waals surface area contributed by atoms with Gasteiger partial charge in [0, 0.05) is 0 Å². The fourth-order valence-electron chi connectivity index (χ4n) is 3.17. The first-order chi connectivity index (χ1) is 13.8. The molecule has 1 unspecified atom stereocenters. The van der Waals surface area contributed by atoms with Crippen molar-refractivity contribution in [2.45, 2.75) is 130 Å². The third kappa shape index (κ3) is 27.8. The molecule has 0 bridgehead atoms. The maximum atomic E-state index is 10.2. The predicted molar refractivity (Wildman–Crippen MR) is 122 cm³/mol. The van der Waals surface area contributed by atoms with E-state index in [1.54, 1.807) is 0 Å². The molecule has 178 valence electrons. The standard InChI is InChI=1S/C12H26O4S.C10H23NO/c1-2-3-4-5-6-7-8-9-10-11-12-16-17(13,14)15;1-3-5-7-9(10(11)12)8-6-4-2/h2-12H2,1H3,(H,13,14,15);9-10,12H,3-8,11H2,1-2H3. The van der Waals surface area contributed by atoms with Gasteiger partial charge in [-0.1, -0.05) is 104 Å². The van der Waals surface area contributed by atoms with E-state index in [0.717, 1.165) is 25.7 Å². The Balaban J connectivity index is 0. The molecule has 0 heterocycles. The minimum Gasteiger partial charge on any atom is -0.379 e. The molecule has 0 saturated carbocycles. The minimum absolute atomic E-state index is 0.0926. The number of unbranched alkanes of at least 4 members (excludes halogenated alkanes) is 11. The van der Waals surface area contributed by atoms with Crippen LogP contribution in [0.25, 0.3) is 0 Å². The van der Waals surface area contributed by atoms with Crippen molar-refractivity contribution in [3.63, 3.8) is 0 Å². The van der Waals surface area contributed by atoms with Crippen molar-refractivity contribution in [2.24, 2.45) is 11.7 Å². The van der Waals surface area contributed by atoms with E-state index in [-0.39, 0.29) is 6.61 Å². The molecule has 0 fully saturated rings. The summed E-state index contributed by atoms with van der Waals surface area (Å²) in [5.74, 6) is 0.324. The SMILES string of the molecule is CCCCC(CCCC)C(N)O.CCCCCCCCCCCCOS(=O)(=O)O. The Morgan fingerprint density at radius 1 is 0.724 bits per heavy atom. The predicted octanol–water partition coefficient (Wildman–Crippen LogP) is 5.99. The number of hydrogen-bond donors (Lipinski definition) is 3. The Kier molecular flexibility index (Phi) is 24.0. The highest BCUT2D eigenvalue weighted by Gasteiger charge is 2.13. The summed E-state index contributed by atoms with van der Waals surface area (Å²) in [7, 11) is -4.23. The molecule has 0 spiro atoms. The van der Waals surface area contributed by atoms with Gasteiger partial charge in [0.2, 0.25) is 0 Å². The molecule has 0 aromatic carbocycles. The molecule has 0 rings (SSSR count). The molecule has 0 radical (unpaired) electrons. The first kappa shape index (κ1) is 31.0. The third-order valence-electron chi connectivity index (χ3n) is 5.07. The molecule has 1 atom stereocenters. The van der Waals surface area contributed by atoms with E-state index in [1.165, 1.54) is 70.6 Å². The van der Waals surface area contributed by atoms with Gasteiger partial charge < -0.3 is 10.8 Å². The van der Waals surface area contributed by atoms with Gasteiger partial charge >= 0.3 is 10.4 Å². The molecule has 0 aliphatic heterocycles. The quantitative estimate of drug-likeness (QED) is 0.130. The summed E-state index contributed by atoms with van der Waals surface area (Å²) in [6.45, 7) is 6.64. The third-order valence-corrected chi connectivity index (χ3v) is 5.53. The van der Waals surface area contributed by atoms with Crippen LogP contribution in [-0.4, -0.2) is 30.9 Å². The van der Waals surface area contributed by atoms with Crippen LogP contribution in [0.5, 0.6) is 0 Å². The fraction of sp³-hybridized carbons (Fsp3) is 1.00. The van der Waals surface area contributed by atoms with Crippen molar-refractivity contribution < 1.29 is 22.3 Å². The Morgan fingerprint density at radius 3 is 1.45 bits per heavy atom. The molecule has 29 heavy (non-hydrogen) atoms. The average molecular weight is 440 g/mol. The molecular weight excluding hydrogens is 390 g/mol. The molecular formula is C22H49NO5S. The summed E-state index contributed by atoms with van der Waals surface area (Å²) in [4.78, 5) is 0. The van der Waals surface area contributed by atoms with Crippen LogP contribution in [0.4, 0.5) is 0 Å². The van der Waals surface area contributed by atoms with Gasteiger partial charge in [-0.25, -0.2) is 4.18 Å². The van der Waals surface area contributed by atoms with E-state index in [1.807, 2.05) is 0 Å². The summed E-state index contributed by atoms with van der Waals surface area (Å²) in [5, 5.41) is 9.24. The summed E-state index contributed by atoms with van der Waals surface area (Å²) < 4.78 is 33.0. The van der Waals surface area contributed by atoms with Crippen molar-refractivity contribution in [1.82, 2.24) is 0 Å². The Morgan fingerprint density at radius 2 is 1.10 bits per heavy atom. The highest BCUT2D eigenvalue weighted by atomic mass is 32.3. The van der Waals surface area contributed by atoms with Gasteiger partial charge in [0.25, 0.3) is 0 Å². The lowest BCUT2D eigenvalue weighted by molar-refractivity contribution is 0.100. The Bertz CT molecular complexity index is 407. The van der Waals surface area contributed by atoms with E-state index in [2.05, 4.69) is 25.0 Å². The van der Waals surface area contributed by atoms with E-state index < -0.39 is 16.6 Å². The Labute approximate surface area is 180 Å². The smallest absolute Gasteiger partial charge is 0.379 e. The molecule has 0 saturated heterocycles. The number of aliphatic hydroxyl groups excluding tert-OH is 1. The van der Waals surface area contributed by atoms with Crippen LogP contribution in [0.1, 0.15) is 124 Å². The van der Waals surface area contributed by atoms with Gasteiger partial charge in [-0.3, -0.25) is 4.55 Å². The molecule has 6 nitrogen and oxygen atoms in total.